The van der Waals surface area contributed by atoms with Crippen LogP contribution < -0.4 is 5.32 Å². The molecule has 2 rings (SSSR count). The van der Waals surface area contributed by atoms with E-state index >= 15 is 0 Å². The minimum atomic E-state index is -0.150. The maximum absolute atomic E-state index is 9.73. The molecular weight excluding hydrogens is 176 g/mol. The largest absolute Gasteiger partial charge is 0.392 e. The fourth-order valence-corrected chi connectivity index (χ4v) is 2.07. The van der Waals surface area contributed by atoms with E-state index in [0.717, 1.165) is 19.4 Å². The molecule has 1 aromatic heterocycles. The highest BCUT2D eigenvalue weighted by Crippen LogP contribution is 2.18. The monoisotopic (exact) mass is 194 g/mol. The number of hydrogen-bond acceptors (Lipinski definition) is 2. The van der Waals surface area contributed by atoms with E-state index in [-0.39, 0.29) is 6.10 Å². The predicted molar refractivity (Wildman–Crippen MR) is 55.9 cm³/mol. The lowest BCUT2D eigenvalue weighted by atomic mass is 9.92. The van der Waals surface area contributed by atoms with Gasteiger partial charge in [-0.3, -0.25) is 0 Å². The van der Waals surface area contributed by atoms with Gasteiger partial charge in [0.05, 0.1) is 6.10 Å². The summed E-state index contributed by atoms with van der Waals surface area (Å²) in [5.74, 6) is 0. The Morgan fingerprint density at radius 1 is 1.43 bits per heavy atom. The van der Waals surface area contributed by atoms with Gasteiger partial charge in [-0.2, -0.15) is 0 Å². The number of rotatable bonds is 3. The maximum atomic E-state index is 9.73. The van der Waals surface area contributed by atoms with Crippen LogP contribution in [-0.4, -0.2) is 22.2 Å². The van der Waals surface area contributed by atoms with E-state index in [9.17, 15) is 5.11 Å². The summed E-state index contributed by atoms with van der Waals surface area (Å²) < 4.78 is 0. The van der Waals surface area contributed by atoms with Crippen LogP contribution in [0.4, 0.5) is 0 Å². The van der Waals surface area contributed by atoms with Crippen molar-refractivity contribution in [2.75, 3.05) is 0 Å². The van der Waals surface area contributed by atoms with Gasteiger partial charge in [0.25, 0.3) is 0 Å². The van der Waals surface area contributed by atoms with Crippen molar-refractivity contribution in [1.29, 1.82) is 0 Å². The zero-order valence-corrected chi connectivity index (χ0v) is 8.37. The van der Waals surface area contributed by atoms with E-state index in [2.05, 4.69) is 16.4 Å². The first-order valence-corrected chi connectivity index (χ1v) is 5.39. The molecule has 3 N–H and O–H groups in total. The highest BCUT2D eigenvalue weighted by molar-refractivity contribution is 5.08. The minimum Gasteiger partial charge on any atom is -0.392 e. The van der Waals surface area contributed by atoms with E-state index in [1.54, 1.807) is 0 Å². The minimum absolute atomic E-state index is 0.150. The van der Waals surface area contributed by atoms with Gasteiger partial charge < -0.3 is 15.4 Å². The van der Waals surface area contributed by atoms with Gasteiger partial charge in [-0.1, -0.05) is 12.8 Å². The molecule has 3 heteroatoms. The topological polar surface area (TPSA) is 48.0 Å². The second-order valence-corrected chi connectivity index (χ2v) is 4.06. The number of nitrogens with one attached hydrogen (secondary N) is 2. The number of aromatic nitrogens is 1. The molecule has 1 saturated carbocycles. The highest BCUT2D eigenvalue weighted by atomic mass is 16.3. The molecule has 1 aromatic rings. The van der Waals surface area contributed by atoms with Crippen LogP contribution >= 0.6 is 0 Å². The summed E-state index contributed by atoms with van der Waals surface area (Å²) in [5.41, 5.74) is 1.25. The Morgan fingerprint density at radius 3 is 3.00 bits per heavy atom. The van der Waals surface area contributed by atoms with Crippen LogP contribution in [0.25, 0.3) is 0 Å². The van der Waals surface area contributed by atoms with E-state index < -0.39 is 0 Å². The first kappa shape index (κ1) is 9.74. The molecule has 1 aliphatic carbocycles. The van der Waals surface area contributed by atoms with Gasteiger partial charge in [0.1, 0.15) is 0 Å². The fraction of sp³-hybridized carbons (Fsp3) is 0.636. The standard InChI is InChI=1S/C11H18N2O/c14-11-4-2-1-3-10(11)13-8-9-5-6-12-7-9/h5-7,10-14H,1-4,8H2. The molecule has 3 nitrogen and oxygen atoms in total. The number of H-pyrrole nitrogens is 1. The van der Waals surface area contributed by atoms with Gasteiger partial charge in [-0.25, -0.2) is 0 Å². The summed E-state index contributed by atoms with van der Waals surface area (Å²) in [5, 5.41) is 13.1. The first-order valence-electron chi connectivity index (χ1n) is 5.39. The summed E-state index contributed by atoms with van der Waals surface area (Å²) >= 11 is 0. The molecule has 0 amide bonds. The predicted octanol–water partition coefficient (Wildman–Crippen LogP) is 1.41. The van der Waals surface area contributed by atoms with E-state index in [4.69, 9.17) is 0 Å². The van der Waals surface area contributed by atoms with Gasteiger partial charge in [0, 0.05) is 25.0 Å². The van der Waals surface area contributed by atoms with Crippen molar-refractivity contribution in [1.82, 2.24) is 10.3 Å². The number of hydrogen-bond donors (Lipinski definition) is 3. The lowest BCUT2D eigenvalue weighted by molar-refractivity contribution is 0.0903. The van der Waals surface area contributed by atoms with Crippen molar-refractivity contribution in [3.8, 4) is 0 Å². The van der Waals surface area contributed by atoms with Crippen molar-refractivity contribution in [3.05, 3.63) is 24.0 Å². The summed E-state index contributed by atoms with van der Waals surface area (Å²) in [4.78, 5) is 3.03. The Bertz CT molecular complexity index is 258. The Balaban J connectivity index is 1.79. The quantitative estimate of drug-likeness (QED) is 0.681. The second kappa shape index (κ2) is 4.62. The molecule has 0 aromatic carbocycles. The van der Waals surface area contributed by atoms with Crippen LogP contribution in [0.1, 0.15) is 31.2 Å². The van der Waals surface area contributed by atoms with E-state index in [1.807, 2.05) is 12.4 Å². The van der Waals surface area contributed by atoms with Gasteiger partial charge >= 0.3 is 0 Å². The van der Waals surface area contributed by atoms with Crippen LogP contribution in [0.3, 0.4) is 0 Å². The molecule has 0 radical (unpaired) electrons. The second-order valence-electron chi connectivity index (χ2n) is 4.06. The van der Waals surface area contributed by atoms with Crippen LogP contribution in [0.5, 0.6) is 0 Å². The normalized spacial score (nSPS) is 27.8. The van der Waals surface area contributed by atoms with Gasteiger partial charge in [-0.05, 0) is 24.5 Å². The van der Waals surface area contributed by atoms with Crippen molar-refractivity contribution in [3.63, 3.8) is 0 Å². The number of aromatic amines is 1. The van der Waals surface area contributed by atoms with E-state index in [0.29, 0.717) is 6.04 Å². The molecular formula is C11H18N2O. The Hall–Kier alpha value is -0.800. The third-order valence-electron chi connectivity index (χ3n) is 2.96. The van der Waals surface area contributed by atoms with Gasteiger partial charge in [0.15, 0.2) is 0 Å². The number of aliphatic hydroxyl groups is 1. The summed E-state index contributed by atoms with van der Waals surface area (Å²) in [6.45, 7) is 0.852. The fourth-order valence-electron chi connectivity index (χ4n) is 2.07. The van der Waals surface area contributed by atoms with Crippen molar-refractivity contribution in [2.45, 2.75) is 44.4 Å². The van der Waals surface area contributed by atoms with Crippen LogP contribution in [-0.2, 0) is 6.54 Å². The summed E-state index contributed by atoms with van der Waals surface area (Å²) in [6.07, 6.45) is 8.22. The third-order valence-corrected chi connectivity index (χ3v) is 2.96. The molecule has 0 spiro atoms. The molecule has 1 heterocycles. The molecule has 2 unspecified atom stereocenters. The average Bonchev–Trinajstić information content (AvgIpc) is 2.69. The van der Waals surface area contributed by atoms with Crippen molar-refractivity contribution in [2.24, 2.45) is 0 Å². The lowest BCUT2D eigenvalue weighted by Gasteiger charge is -2.28. The molecule has 0 aliphatic heterocycles. The van der Waals surface area contributed by atoms with Crippen LogP contribution in [0, 0.1) is 0 Å². The van der Waals surface area contributed by atoms with Crippen molar-refractivity contribution < 1.29 is 5.11 Å². The van der Waals surface area contributed by atoms with Crippen LogP contribution in [0.15, 0.2) is 18.5 Å². The molecule has 0 bridgehead atoms. The van der Waals surface area contributed by atoms with Gasteiger partial charge in [-0.15, -0.1) is 0 Å². The molecule has 2 atom stereocenters. The lowest BCUT2D eigenvalue weighted by Crippen LogP contribution is -2.41. The molecule has 1 fully saturated rings. The molecule has 1 aliphatic rings. The first-order chi connectivity index (χ1) is 6.86. The maximum Gasteiger partial charge on any atom is 0.0693 e. The zero-order chi connectivity index (χ0) is 9.80. The average molecular weight is 194 g/mol. The highest BCUT2D eigenvalue weighted by Gasteiger charge is 2.21. The SMILES string of the molecule is OC1CCCCC1NCc1cc[nH]c1. The zero-order valence-electron chi connectivity index (χ0n) is 8.37. The Kier molecular flexibility index (Phi) is 3.22. The Morgan fingerprint density at radius 2 is 2.29 bits per heavy atom. The van der Waals surface area contributed by atoms with Gasteiger partial charge in [0.2, 0.25) is 0 Å². The summed E-state index contributed by atoms with van der Waals surface area (Å²) in [7, 11) is 0. The third kappa shape index (κ3) is 2.36. The van der Waals surface area contributed by atoms with E-state index in [1.165, 1.54) is 18.4 Å². The molecule has 14 heavy (non-hydrogen) atoms. The molecule has 0 saturated heterocycles. The molecule has 78 valence electrons. The van der Waals surface area contributed by atoms with Crippen molar-refractivity contribution >= 4 is 0 Å². The Labute approximate surface area is 84.5 Å². The van der Waals surface area contributed by atoms with Crippen LogP contribution in [0.2, 0.25) is 0 Å². The smallest absolute Gasteiger partial charge is 0.0693 e. The number of aliphatic hydroxyl groups excluding tert-OH is 1. The summed E-state index contributed by atoms with van der Waals surface area (Å²) in [6, 6.07) is 2.35.